The second kappa shape index (κ2) is 3.94. The van der Waals surface area contributed by atoms with Crippen molar-refractivity contribution in [3.63, 3.8) is 0 Å². The van der Waals surface area contributed by atoms with E-state index in [0.29, 0.717) is 6.61 Å². The third kappa shape index (κ3) is 1.43. The molecule has 3 rings (SSSR count). The van der Waals surface area contributed by atoms with Crippen LogP contribution in [0.1, 0.15) is 18.1 Å². The molecule has 1 aliphatic heterocycles. The minimum Gasteiger partial charge on any atom is -0.384 e. The van der Waals surface area contributed by atoms with Gasteiger partial charge in [0.2, 0.25) is 0 Å². The molecule has 0 saturated carbocycles. The second-order valence-corrected chi connectivity index (χ2v) is 4.98. The predicted molar refractivity (Wildman–Crippen MR) is 70.2 cm³/mol. The molecular weight excluding hydrogens is 224 g/mol. The van der Waals surface area contributed by atoms with E-state index in [1.165, 1.54) is 0 Å². The molecule has 0 spiro atoms. The zero-order valence-electron chi connectivity index (χ0n) is 10.3. The van der Waals surface area contributed by atoms with Crippen LogP contribution in [0.2, 0.25) is 0 Å². The van der Waals surface area contributed by atoms with E-state index >= 15 is 0 Å². The average Bonchev–Trinajstić information content (AvgIpc) is 2.41. The van der Waals surface area contributed by atoms with E-state index in [2.05, 4.69) is 0 Å². The van der Waals surface area contributed by atoms with Crippen LogP contribution < -0.4 is 0 Å². The van der Waals surface area contributed by atoms with Gasteiger partial charge in [-0.2, -0.15) is 0 Å². The van der Waals surface area contributed by atoms with Crippen LogP contribution in [-0.2, 0) is 10.3 Å². The van der Waals surface area contributed by atoms with Gasteiger partial charge in [0, 0.05) is 0 Å². The first-order valence-corrected chi connectivity index (χ1v) is 6.14. The summed E-state index contributed by atoms with van der Waals surface area (Å²) < 4.78 is 5.86. The molecule has 2 aromatic rings. The van der Waals surface area contributed by atoms with Crippen LogP contribution in [-0.4, -0.2) is 17.3 Å². The van der Waals surface area contributed by atoms with E-state index in [0.717, 1.165) is 11.1 Å². The summed E-state index contributed by atoms with van der Waals surface area (Å²) in [6.45, 7) is 2.19. The van der Waals surface area contributed by atoms with Gasteiger partial charge in [-0.1, -0.05) is 60.7 Å². The Balaban J connectivity index is 2.18. The van der Waals surface area contributed by atoms with Crippen molar-refractivity contribution < 1.29 is 9.84 Å². The lowest BCUT2D eigenvalue weighted by Crippen LogP contribution is -2.65. The molecular formula is C16H16O2. The first kappa shape index (κ1) is 11.5. The molecule has 1 fully saturated rings. The highest BCUT2D eigenvalue weighted by Gasteiger charge is 2.59. The molecule has 2 heteroatoms. The maximum Gasteiger partial charge on any atom is 0.149 e. The lowest BCUT2D eigenvalue weighted by Gasteiger charge is -2.54. The Bertz CT molecular complexity index is 492. The second-order valence-electron chi connectivity index (χ2n) is 4.98. The fourth-order valence-electron chi connectivity index (χ4n) is 2.73. The number of hydrogen-bond acceptors (Lipinski definition) is 2. The zero-order chi connectivity index (χ0) is 12.6. The summed E-state index contributed by atoms with van der Waals surface area (Å²) in [4.78, 5) is 0. The molecule has 0 bridgehead atoms. The van der Waals surface area contributed by atoms with Gasteiger partial charge in [0.25, 0.3) is 0 Å². The largest absolute Gasteiger partial charge is 0.384 e. The number of aliphatic hydroxyl groups is 1. The smallest absolute Gasteiger partial charge is 0.149 e. The van der Waals surface area contributed by atoms with Crippen molar-refractivity contribution >= 4 is 0 Å². The Hall–Kier alpha value is -1.64. The molecule has 1 aliphatic rings. The standard InChI is InChI=1S/C16H16O2/c1-15(17)12-18-16(15,13-8-4-2-5-9-13)14-10-6-3-7-11-14/h2-11,17H,12H2,1H3. The summed E-state index contributed by atoms with van der Waals surface area (Å²) in [6.07, 6.45) is 0. The lowest BCUT2D eigenvalue weighted by atomic mass is 9.70. The van der Waals surface area contributed by atoms with Crippen molar-refractivity contribution in [3.05, 3.63) is 71.8 Å². The molecule has 0 aliphatic carbocycles. The fraction of sp³-hybridized carbons (Fsp3) is 0.250. The van der Waals surface area contributed by atoms with Crippen molar-refractivity contribution in [2.24, 2.45) is 0 Å². The lowest BCUT2D eigenvalue weighted by molar-refractivity contribution is -0.283. The highest BCUT2D eigenvalue weighted by molar-refractivity contribution is 5.42. The first-order valence-electron chi connectivity index (χ1n) is 6.14. The Morgan fingerprint density at radius 1 is 0.889 bits per heavy atom. The van der Waals surface area contributed by atoms with Gasteiger partial charge >= 0.3 is 0 Å². The monoisotopic (exact) mass is 240 g/mol. The van der Waals surface area contributed by atoms with Gasteiger partial charge in [-0.15, -0.1) is 0 Å². The summed E-state index contributed by atoms with van der Waals surface area (Å²) in [5, 5.41) is 10.6. The Kier molecular flexibility index (Phi) is 2.51. The van der Waals surface area contributed by atoms with Crippen LogP contribution in [0.25, 0.3) is 0 Å². The topological polar surface area (TPSA) is 29.5 Å². The first-order chi connectivity index (χ1) is 8.67. The fourth-order valence-corrected chi connectivity index (χ4v) is 2.73. The predicted octanol–water partition coefficient (Wildman–Crippen LogP) is 2.71. The maximum absolute atomic E-state index is 10.6. The molecule has 2 aromatic carbocycles. The molecule has 1 unspecified atom stereocenters. The van der Waals surface area contributed by atoms with Crippen LogP contribution >= 0.6 is 0 Å². The van der Waals surface area contributed by atoms with Gasteiger partial charge in [0.05, 0.1) is 6.61 Å². The third-order valence-electron chi connectivity index (χ3n) is 3.69. The summed E-state index contributed by atoms with van der Waals surface area (Å²) in [6, 6.07) is 19.8. The Labute approximate surface area is 107 Å². The molecule has 0 amide bonds. The van der Waals surface area contributed by atoms with E-state index in [1.807, 2.05) is 67.6 Å². The van der Waals surface area contributed by atoms with Crippen molar-refractivity contribution in [3.8, 4) is 0 Å². The van der Waals surface area contributed by atoms with Crippen molar-refractivity contribution in [1.29, 1.82) is 0 Å². The van der Waals surface area contributed by atoms with Crippen LogP contribution in [0.4, 0.5) is 0 Å². The zero-order valence-corrected chi connectivity index (χ0v) is 10.3. The van der Waals surface area contributed by atoms with E-state index in [1.54, 1.807) is 0 Å². The third-order valence-corrected chi connectivity index (χ3v) is 3.69. The normalized spacial score (nSPS) is 25.4. The van der Waals surface area contributed by atoms with Gasteiger partial charge in [0.1, 0.15) is 11.2 Å². The van der Waals surface area contributed by atoms with Crippen LogP contribution in [0.15, 0.2) is 60.7 Å². The molecule has 1 saturated heterocycles. The highest BCUT2D eigenvalue weighted by atomic mass is 16.6. The van der Waals surface area contributed by atoms with E-state index in [-0.39, 0.29) is 0 Å². The molecule has 1 atom stereocenters. The molecule has 0 aromatic heterocycles. The summed E-state index contributed by atoms with van der Waals surface area (Å²) in [7, 11) is 0. The Morgan fingerprint density at radius 3 is 1.61 bits per heavy atom. The van der Waals surface area contributed by atoms with Gasteiger partial charge in [-0.25, -0.2) is 0 Å². The molecule has 1 N–H and O–H groups in total. The average molecular weight is 240 g/mol. The van der Waals surface area contributed by atoms with E-state index in [4.69, 9.17) is 4.74 Å². The molecule has 0 radical (unpaired) electrons. The van der Waals surface area contributed by atoms with E-state index in [9.17, 15) is 5.11 Å². The van der Waals surface area contributed by atoms with Gasteiger partial charge in [0.15, 0.2) is 0 Å². The molecule has 1 heterocycles. The summed E-state index contributed by atoms with van der Waals surface area (Å²) >= 11 is 0. The quantitative estimate of drug-likeness (QED) is 0.874. The van der Waals surface area contributed by atoms with Crippen molar-refractivity contribution in [1.82, 2.24) is 0 Å². The number of hydrogen-bond donors (Lipinski definition) is 1. The number of ether oxygens (including phenoxy) is 1. The van der Waals surface area contributed by atoms with Crippen LogP contribution in [0, 0.1) is 0 Å². The summed E-state index contributed by atoms with van der Waals surface area (Å²) in [5.41, 5.74) is 0.366. The van der Waals surface area contributed by atoms with Gasteiger partial charge in [-0.3, -0.25) is 0 Å². The maximum atomic E-state index is 10.6. The summed E-state index contributed by atoms with van der Waals surface area (Å²) in [5.74, 6) is 0. The van der Waals surface area contributed by atoms with Gasteiger partial charge < -0.3 is 9.84 Å². The Morgan fingerprint density at radius 2 is 1.33 bits per heavy atom. The minimum atomic E-state index is -0.879. The SMILES string of the molecule is CC1(O)COC1(c1ccccc1)c1ccccc1. The molecule has 2 nitrogen and oxygen atoms in total. The minimum absolute atomic E-state index is 0.358. The highest BCUT2D eigenvalue weighted by Crippen LogP contribution is 2.50. The van der Waals surface area contributed by atoms with Crippen LogP contribution in [0.5, 0.6) is 0 Å². The van der Waals surface area contributed by atoms with E-state index < -0.39 is 11.2 Å². The molecule has 18 heavy (non-hydrogen) atoms. The number of benzene rings is 2. The van der Waals surface area contributed by atoms with Crippen molar-refractivity contribution in [2.75, 3.05) is 6.61 Å². The van der Waals surface area contributed by atoms with Crippen molar-refractivity contribution in [2.45, 2.75) is 18.1 Å². The molecule has 92 valence electrons. The number of rotatable bonds is 2. The van der Waals surface area contributed by atoms with Crippen LogP contribution in [0.3, 0.4) is 0 Å². The van der Waals surface area contributed by atoms with Gasteiger partial charge in [-0.05, 0) is 18.1 Å².